The van der Waals surface area contributed by atoms with E-state index < -0.39 is 0 Å². The number of rotatable bonds is 4. The van der Waals surface area contributed by atoms with Gasteiger partial charge in [0.1, 0.15) is 0 Å². The van der Waals surface area contributed by atoms with Crippen LogP contribution in [-0.2, 0) is 4.79 Å². The fraction of sp³-hybridized carbons (Fsp3) is 0.812. The summed E-state index contributed by atoms with van der Waals surface area (Å²) >= 11 is 0. The monoisotopic (exact) mass is 262 g/mol. The standard InChI is InChI=1S/C16H26N2O/c1-2-11-18-12-7-6-10-15(18)16(19)17-13-14-8-4-3-5-9-14/h1,14-15H,3-13H2,(H,17,19)/t15-/m0/s1. The summed E-state index contributed by atoms with van der Waals surface area (Å²) in [6.45, 7) is 2.42. The Labute approximate surface area is 117 Å². The van der Waals surface area contributed by atoms with Gasteiger partial charge in [-0.3, -0.25) is 9.69 Å². The van der Waals surface area contributed by atoms with Gasteiger partial charge in [0, 0.05) is 6.54 Å². The average molecular weight is 262 g/mol. The maximum absolute atomic E-state index is 12.3. The van der Waals surface area contributed by atoms with E-state index in [2.05, 4.69) is 16.1 Å². The van der Waals surface area contributed by atoms with E-state index in [9.17, 15) is 4.79 Å². The number of nitrogens with zero attached hydrogens (tertiary/aromatic N) is 1. The lowest BCUT2D eigenvalue weighted by Gasteiger charge is -2.33. The average Bonchev–Trinajstić information content (AvgIpc) is 2.47. The van der Waals surface area contributed by atoms with Crippen molar-refractivity contribution < 1.29 is 4.79 Å². The SMILES string of the molecule is C#CCN1CCCC[C@H]1C(=O)NCC1CCCCC1. The van der Waals surface area contributed by atoms with Crippen LogP contribution in [0.4, 0.5) is 0 Å². The van der Waals surface area contributed by atoms with Gasteiger partial charge >= 0.3 is 0 Å². The molecule has 1 saturated carbocycles. The molecular weight excluding hydrogens is 236 g/mol. The lowest BCUT2D eigenvalue weighted by Crippen LogP contribution is -2.50. The number of amides is 1. The zero-order valence-electron chi connectivity index (χ0n) is 11.9. The summed E-state index contributed by atoms with van der Waals surface area (Å²) in [5.74, 6) is 3.57. The number of carbonyl (C=O) groups is 1. The van der Waals surface area contributed by atoms with Gasteiger partial charge in [-0.2, -0.15) is 0 Å². The summed E-state index contributed by atoms with van der Waals surface area (Å²) in [4.78, 5) is 14.5. The fourth-order valence-corrected chi connectivity index (χ4v) is 3.35. The van der Waals surface area contributed by atoms with E-state index in [1.807, 2.05) is 0 Å². The Balaban J connectivity index is 1.78. The maximum Gasteiger partial charge on any atom is 0.237 e. The van der Waals surface area contributed by atoms with Crippen molar-refractivity contribution in [1.29, 1.82) is 0 Å². The van der Waals surface area contributed by atoms with Crippen molar-refractivity contribution in [3.63, 3.8) is 0 Å². The number of hydrogen-bond donors (Lipinski definition) is 1. The van der Waals surface area contributed by atoms with Gasteiger partial charge in [-0.05, 0) is 38.1 Å². The molecule has 1 amide bonds. The minimum absolute atomic E-state index is 0.00777. The first-order valence-corrected chi connectivity index (χ1v) is 7.76. The summed E-state index contributed by atoms with van der Waals surface area (Å²) in [7, 11) is 0. The highest BCUT2D eigenvalue weighted by molar-refractivity contribution is 5.81. The van der Waals surface area contributed by atoms with Gasteiger partial charge in [0.2, 0.25) is 5.91 Å². The first-order chi connectivity index (χ1) is 9.31. The highest BCUT2D eigenvalue weighted by Crippen LogP contribution is 2.23. The molecule has 2 fully saturated rings. The van der Waals surface area contributed by atoms with E-state index >= 15 is 0 Å². The Hall–Kier alpha value is -1.01. The molecule has 19 heavy (non-hydrogen) atoms. The quantitative estimate of drug-likeness (QED) is 0.788. The number of hydrogen-bond acceptors (Lipinski definition) is 2. The molecule has 1 saturated heterocycles. The van der Waals surface area contributed by atoms with Gasteiger partial charge in [-0.15, -0.1) is 6.42 Å². The van der Waals surface area contributed by atoms with E-state index in [1.54, 1.807) is 0 Å². The molecule has 0 aromatic carbocycles. The van der Waals surface area contributed by atoms with Crippen LogP contribution in [0.2, 0.25) is 0 Å². The first kappa shape index (κ1) is 14.4. The topological polar surface area (TPSA) is 32.3 Å². The van der Waals surface area contributed by atoms with Crippen molar-refractivity contribution >= 4 is 5.91 Å². The van der Waals surface area contributed by atoms with Crippen molar-refractivity contribution in [3.8, 4) is 12.3 Å². The van der Waals surface area contributed by atoms with E-state index in [0.29, 0.717) is 12.5 Å². The number of nitrogens with one attached hydrogen (secondary N) is 1. The molecular formula is C16H26N2O. The number of carbonyl (C=O) groups excluding carboxylic acids is 1. The molecule has 0 aromatic rings. The summed E-state index contributed by atoms with van der Waals surface area (Å²) in [6, 6.07) is 0.00777. The Morgan fingerprint density at radius 2 is 1.89 bits per heavy atom. The normalized spacial score (nSPS) is 25.7. The molecule has 1 heterocycles. The third-order valence-electron chi connectivity index (χ3n) is 4.50. The van der Waals surface area contributed by atoms with Crippen molar-refractivity contribution in [2.24, 2.45) is 5.92 Å². The predicted octanol–water partition coefficient (Wildman–Crippen LogP) is 2.17. The Kier molecular flexibility index (Phi) is 5.72. The zero-order chi connectivity index (χ0) is 13.5. The zero-order valence-corrected chi connectivity index (χ0v) is 11.9. The summed E-state index contributed by atoms with van der Waals surface area (Å²) in [5.41, 5.74) is 0. The van der Waals surface area contributed by atoms with Crippen molar-refractivity contribution in [1.82, 2.24) is 10.2 Å². The Morgan fingerprint density at radius 3 is 2.63 bits per heavy atom. The minimum Gasteiger partial charge on any atom is -0.354 e. The fourth-order valence-electron chi connectivity index (χ4n) is 3.35. The molecule has 0 spiro atoms. The van der Waals surface area contributed by atoms with Crippen LogP contribution >= 0.6 is 0 Å². The highest BCUT2D eigenvalue weighted by atomic mass is 16.2. The van der Waals surface area contributed by atoms with Gasteiger partial charge < -0.3 is 5.32 Å². The summed E-state index contributed by atoms with van der Waals surface area (Å²) in [5, 5.41) is 3.16. The van der Waals surface area contributed by atoms with Gasteiger partial charge in [0.25, 0.3) is 0 Å². The number of terminal acetylenes is 1. The van der Waals surface area contributed by atoms with Crippen LogP contribution in [0.5, 0.6) is 0 Å². The van der Waals surface area contributed by atoms with Crippen LogP contribution in [-0.4, -0.2) is 36.5 Å². The molecule has 1 N–H and O–H groups in total. The molecule has 106 valence electrons. The Bertz CT molecular complexity index is 328. The van der Waals surface area contributed by atoms with Gasteiger partial charge in [-0.1, -0.05) is 31.6 Å². The van der Waals surface area contributed by atoms with Crippen LogP contribution in [0.1, 0.15) is 51.4 Å². The van der Waals surface area contributed by atoms with Crippen molar-refractivity contribution in [3.05, 3.63) is 0 Å². The van der Waals surface area contributed by atoms with E-state index in [1.165, 1.54) is 32.1 Å². The largest absolute Gasteiger partial charge is 0.354 e. The van der Waals surface area contributed by atoms with Crippen LogP contribution < -0.4 is 5.32 Å². The van der Waals surface area contributed by atoms with Crippen LogP contribution in [0.3, 0.4) is 0 Å². The molecule has 2 aliphatic rings. The second-order valence-corrected chi connectivity index (χ2v) is 5.94. The molecule has 1 atom stereocenters. The molecule has 0 aromatic heterocycles. The van der Waals surface area contributed by atoms with Crippen molar-refractivity contribution in [2.75, 3.05) is 19.6 Å². The molecule has 0 unspecified atom stereocenters. The van der Waals surface area contributed by atoms with Crippen molar-refractivity contribution in [2.45, 2.75) is 57.4 Å². The number of likely N-dealkylation sites (tertiary alicyclic amines) is 1. The molecule has 3 heteroatoms. The van der Waals surface area contributed by atoms with Crippen LogP contribution in [0.15, 0.2) is 0 Å². The lowest BCUT2D eigenvalue weighted by molar-refractivity contribution is -0.127. The highest BCUT2D eigenvalue weighted by Gasteiger charge is 2.28. The van der Waals surface area contributed by atoms with Crippen LogP contribution in [0.25, 0.3) is 0 Å². The Morgan fingerprint density at radius 1 is 1.16 bits per heavy atom. The second kappa shape index (κ2) is 7.55. The maximum atomic E-state index is 12.3. The predicted molar refractivity (Wildman–Crippen MR) is 77.6 cm³/mol. The molecule has 1 aliphatic heterocycles. The number of piperidine rings is 1. The molecule has 2 rings (SSSR count). The molecule has 0 bridgehead atoms. The van der Waals surface area contributed by atoms with Gasteiger partial charge in [-0.25, -0.2) is 0 Å². The van der Waals surface area contributed by atoms with E-state index in [0.717, 1.165) is 32.4 Å². The minimum atomic E-state index is 0.00777. The van der Waals surface area contributed by atoms with E-state index in [-0.39, 0.29) is 11.9 Å². The summed E-state index contributed by atoms with van der Waals surface area (Å²) in [6.07, 6.45) is 15.2. The van der Waals surface area contributed by atoms with E-state index in [4.69, 9.17) is 6.42 Å². The van der Waals surface area contributed by atoms with Crippen LogP contribution in [0, 0.1) is 18.3 Å². The molecule has 1 aliphatic carbocycles. The smallest absolute Gasteiger partial charge is 0.237 e. The third-order valence-corrected chi connectivity index (χ3v) is 4.50. The summed E-state index contributed by atoms with van der Waals surface area (Å²) < 4.78 is 0. The third kappa shape index (κ3) is 4.24. The molecule has 3 nitrogen and oxygen atoms in total. The molecule has 0 radical (unpaired) electrons. The van der Waals surface area contributed by atoms with Gasteiger partial charge in [0.15, 0.2) is 0 Å². The lowest BCUT2D eigenvalue weighted by atomic mass is 9.89. The van der Waals surface area contributed by atoms with Gasteiger partial charge in [0.05, 0.1) is 12.6 Å². The second-order valence-electron chi connectivity index (χ2n) is 5.94. The first-order valence-electron chi connectivity index (χ1n) is 7.76.